The molecule has 8 heteroatoms. The molecular weight excluding hydrogens is 420 g/mol. The van der Waals surface area contributed by atoms with Crippen molar-refractivity contribution < 1.29 is 32.6 Å². The van der Waals surface area contributed by atoms with Crippen LogP contribution in [-0.2, 0) is 30.2 Å². The van der Waals surface area contributed by atoms with Gasteiger partial charge in [-0.3, -0.25) is 0 Å². The zero-order valence-corrected chi connectivity index (χ0v) is 17.4. The number of anilines is 1. The summed E-state index contributed by atoms with van der Waals surface area (Å²) in [7, 11) is 2.38. The summed E-state index contributed by atoms with van der Waals surface area (Å²) < 4.78 is 45.0. The lowest BCUT2D eigenvalue weighted by Crippen LogP contribution is -2.50. The Labute approximate surface area is 183 Å². The van der Waals surface area contributed by atoms with E-state index in [9.17, 15) is 18.4 Å². The fourth-order valence-electron chi connectivity index (χ4n) is 4.21. The second kappa shape index (κ2) is 8.55. The Morgan fingerprint density at radius 2 is 1.69 bits per heavy atom. The van der Waals surface area contributed by atoms with Crippen molar-refractivity contribution in [3.05, 3.63) is 89.0 Å². The van der Waals surface area contributed by atoms with Crippen molar-refractivity contribution in [3.63, 3.8) is 0 Å². The SMILES string of the molecule is COC(=O)C1=C(C(=O)OC)C2(C(Cc3ccccc3)Nc3c(F)cccc3F)C=CC1O2. The fraction of sp³-hybridized carbons (Fsp3) is 0.250. The third-order valence-corrected chi connectivity index (χ3v) is 5.66. The van der Waals surface area contributed by atoms with E-state index in [1.807, 2.05) is 30.3 Å². The molecule has 0 spiro atoms. The van der Waals surface area contributed by atoms with E-state index in [4.69, 9.17) is 14.2 Å². The van der Waals surface area contributed by atoms with E-state index < -0.39 is 41.3 Å². The van der Waals surface area contributed by atoms with Crippen LogP contribution in [0.3, 0.4) is 0 Å². The number of para-hydroxylation sites is 1. The first-order valence-electron chi connectivity index (χ1n) is 9.94. The number of carbonyl (C=O) groups is 2. The van der Waals surface area contributed by atoms with E-state index in [2.05, 4.69) is 5.32 Å². The van der Waals surface area contributed by atoms with Gasteiger partial charge in [0.15, 0.2) is 0 Å². The molecule has 6 nitrogen and oxygen atoms in total. The molecular formula is C24H21F2NO5. The zero-order chi connectivity index (χ0) is 22.9. The van der Waals surface area contributed by atoms with Gasteiger partial charge in [0.25, 0.3) is 0 Å². The number of nitrogens with one attached hydrogen (secondary N) is 1. The molecule has 2 aromatic carbocycles. The summed E-state index contributed by atoms with van der Waals surface area (Å²) in [4.78, 5) is 25.3. The molecule has 2 bridgehead atoms. The van der Waals surface area contributed by atoms with Crippen molar-refractivity contribution in [2.75, 3.05) is 19.5 Å². The summed E-state index contributed by atoms with van der Waals surface area (Å²) >= 11 is 0. The summed E-state index contributed by atoms with van der Waals surface area (Å²) in [5.74, 6) is -3.12. The maximum atomic E-state index is 14.5. The van der Waals surface area contributed by atoms with Crippen LogP contribution in [0, 0.1) is 11.6 Å². The second-order valence-corrected chi connectivity index (χ2v) is 7.45. The molecule has 2 aromatic rings. The smallest absolute Gasteiger partial charge is 0.337 e. The van der Waals surface area contributed by atoms with Crippen LogP contribution in [0.2, 0.25) is 0 Å². The minimum Gasteiger partial charge on any atom is -0.466 e. The molecule has 0 aromatic heterocycles. The van der Waals surface area contributed by atoms with Crippen molar-refractivity contribution in [3.8, 4) is 0 Å². The summed E-state index contributed by atoms with van der Waals surface area (Å²) in [6.45, 7) is 0. The molecule has 0 saturated carbocycles. The van der Waals surface area contributed by atoms with Crippen LogP contribution < -0.4 is 5.32 Å². The number of halogens is 2. The molecule has 0 fully saturated rings. The highest BCUT2D eigenvalue weighted by atomic mass is 19.1. The van der Waals surface area contributed by atoms with E-state index in [0.29, 0.717) is 0 Å². The number of fused-ring (bicyclic) bond motifs is 2. The summed E-state index contributed by atoms with van der Waals surface area (Å²) in [5, 5.41) is 2.89. The zero-order valence-electron chi connectivity index (χ0n) is 17.4. The van der Waals surface area contributed by atoms with Crippen molar-refractivity contribution >= 4 is 17.6 Å². The van der Waals surface area contributed by atoms with Crippen LogP contribution in [0.4, 0.5) is 14.5 Å². The van der Waals surface area contributed by atoms with Crippen LogP contribution in [0.15, 0.2) is 71.8 Å². The highest BCUT2D eigenvalue weighted by Gasteiger charge is 2.58. The largest absolute Gasteiger partial charge is 0.466 e. The number of ether oxygens (including phenoxy) is 3. The molecule has 2 aliphatic heterocycles. The lowest BCUT2D eigenvalue weighted by molar-refractivity contribution is -0.139. The number of benzene rings is 2. The first-order chi connectivity index (χ1) is 15.4. The predicted molar refractivity (Wildman–Crippen MR) is 112 cm³/mol. The minimum absolute atomic E-state index is 0.00992. The molecule has 166 valence electrons. The predicted octanol–water partition coefficient (Wildman–Crippen LogP) is 3.34. The molecule has 0 radical (unpaired) electrons. The Morgan fingerprint density at radius 3 is 2.31 bits per heavy atom. The van der Waals surface area contributed by atoms with Gasteiger partial charge in [0.2, 0.25) is 0 Å². The number of esters is 2. The van der Waals surface area contributed by atoms with Crippen molar-refractivity contribution in [2.45, 2.75) is 24.2 Å². The Balaban J connectivity index is 1.85. The molecule has 2 aliphatic rings. The highest BCUT2D eigenvalue weighted by molar-refractivity contribution is 6.05. The van der Waals surface area contributed by atoms with Gasteiger partial charge in [0, 0.05) is 0 Å². The molecule has 0 aliphatic carbocycles. The number of carbonyl (C=O) groups excluding carboxylic acids is 2. The quantitative estimate of drug-likeness (QED) is 0.525. The Bertz CT molecular complexity index is 1090. The molecule has 3 unspecified atom stereocenters. The molecule has 32 heavy (non-hydrogen) atoms. The maximum absolute atomic E-state index is 14.5. The van der Waals surface area contributed by atoms with Gasteiger partial charge in [0.1, 0.15) is 29.0 Å². The second-order valence-electron chi connectivity index (χ2n) is 7.45. The third-order valence-electron chi connectivity index (χ3n) is 5.66. The van der Waals surface area contributed by atoms with Gasteiger partial charge >= 0.3 is 11.9 Å². The van der Waals surface area contributed by atoms with Gasteiger partial charge in [-0.1, -0.05) is 42.5 Å². The standard InChI is InChI=1S/C24H21F2NO5/c1-30-22(28)19-17-11-12-24(32-17,20(19)23(29)31-2)18(13-14-7-4-3-5-8-14)27-21-15(25)9-6-10-16(21)26/h3-12,17-18,27H,13H2,1-2H3. The van der Waals surface area contributed by atoms with Crippen molar-refractivity contribution in [1.29, 1.82) is 0 Å². The lowest BCUT2D eigenvalue weighted by Gasteiger charge is -2.36. The number of hydrogen-bond acceptors (Lipinski definition) is 6. The lowest BCUT2D eigenvalue weighted by atomic mass is 9.79. The molecule has 0 amide bonds. The highest BCUT2D eigenvalue weighted by Crippen LogP contribution is 2.47. The summed E-state index contributed by atoms with van der Waals surface area (Å²) in [5.41, 5.74) is -1.09. The first kappa shape index (κ1) is 21.7. The Hall–Kier alpha value is -3.52. The van der Waals surface area contributed by atoms with Gasteiger partial charge in [-0.25, -0.2) is 18.4 Å². The average Bonchev–Trinajstić information content (AvgIpc) is 3.38. The molecule has 1 N–H and O–H groups in total. The topological polar surface area (TPSA) is 73.9 Å². The normalized spacial score (nSPS) is 22.1. The molecule has 4 rings (SSSR count). The minimum atomic E-state index is -1.51. The number of hydrogen-bond donors (Lipinski definition) is 1. The van der Waals surface area contributed by atoms with Gasteiger partial charge in [0.05, 0.1) is 31.4 Å². The number of rotatable bonds is 7. The fourth-order valence-corrected chi connectivity index (χ4v) is 4.21. The summed E-state index contributed by atoms with van der Waals surface area (Å²) in [6.07, 6.45) is 2.62. The monoisotopic (exact) mass is 441 g/mol. The van der Waals surface area contributed by atoms with E-state index in [1.165, 1.54) is 20.3 Å². The van der Waals surface area contributed by atoms with E-state index in [0.717, 1.165) is 17.7 Å². The first-order valence-corrected chi connectivity index (χ1v) is 9.94. The van der Waals surface area contributed by atoms with Gasteiger partial charge in [-0.2, -0.15) is 0 Å². The Kier molecular flexibility index (Phi) is 5.80. The summed E-state index contributed by atoms with van der Waals surface area (Å²) in [6, 6.07) is 11.8. The van der Waals surface area contributed by atoms with Crippen LogP contribution in [-0.4, -0.2) is 43.9 Å². The van der Waals surface area contributed by atoms with Gasteiger partial charge < -0.3 is 19.5 Å². The van der Waals surface area contributed by atoms with E-state index in [-0.39, 0.29) is 23.3 Å². The van der Waals surface area contributed by atoms with Crippen LogP contribution in [0.1, 0.15) is 5.56 Å². The molecule has 0 saturated heterocycles. The maximum Gasteiger partial charge on any atom is 0.337 e. The Morgan fingerprint density at radius 1 is 1.03 bits per heavy atom. The van der Waals surface area contributed by atoms with E-state index >= 15 is 0 Å². The third kappa shape index (κ3) is 3.56. The number of methoxy groups -OCH3 is 2. The van der Waals surface area contributed by atoms with Crippen molar-refractivity contribution in [1.82, 2.24) is 0 Å². The van der Waals surface area contributed by atoms with Crippen LogP contribution in [0.25, 0.3) is 0 Å². The van der Waals surface area contributed by atoms with Gasteiger partial charge in [-0.15, -0.1) is 0 Å². The average molecular weight is 441 g/mol. The molecule has 3 atom stereocenters. The molecule has 2 heterocycles. The van der Waals surface area contributed by atoms with Gasteiger partial charge in [-0.05, 0) is 30.2 Å². The van der Waals surface area contributed by atoms with E-state index in [1.54, 1.807) is 12.2 Å². The van der Waals surface area contributed by atoms with Crippen LogP contribution in [0.5, 0.6) is 0 Å². The van der Waals surface area contributed by atoms with Crippen LogP contribution >= 0.6 is 0 Å². The van der Waals surface area contributed by atoms with Crippen molar-refractivity contribution in [2.24, 2.45) is 0 Å².